The molecule has 2 fully saturated rings. The highest BCUT2D eigenvalue weighted by Gasteiger charge is 2.39. The molecule has 6 heteroatoms. The third-order valence-corrected chi connectivity index (χ3v) is 7.69. The van der Waals surface area contributed by atoms with E-state index in [9.17, 15) is 8.42 Å². The van der Waals surface area contributed by atoms with Crippen LogP contribution >= 0.6 is 11.3 Å². The van der Waals surface area contributed by atoms with Crippen molar-refractivity contribution in [3.63, 3.8) is 0 Å². The molecule has 2 saturated heterocycles. The lowest BCUT2D eigenvalue weighted by Gasteiger charge is -2.34. The van der Waals surface area contributed by atoms with Crippen molar-refractivity contribution in [2.75, 3.05) is 7.05 Å². The number of hydrogen-bond donors (Lipinski definition) is 1. The van der Waals surface area contributed by atoms with E-state index in [2.05, 4.69) is 5.32 Å². The summed E-state index contributed by atoms with van der Waals surface area (Å²) in [6.07, 6.45) is 4.26. The molecule has 19 heavy (non-hydrogen) atoms. The predicted octanol–water partition coefficient (Wildman–Crippen LogP) is 1.96. The molecule has 1 N–H and O–H groups in total. The Kier molecular flexibility index (Phi) is 3.45. The summed E-state index contributed by atoms with van der Waals surface area (Å²) < 4.78 is 27.3. The summed E-state index contributed by atoms with van der Waals surface area (Å²) in [6.45, 7) is 1.94. The molecule has 3 heterocycles. The van der Waals surface area contributed by atoms with Crippen molar-refractivity contribution in [1.29, 1.82) is 0 Å². The van der Waals surface area contributed by atoms with Crippen LogP contribution in [0.25, 0.3) is 0 Å². The molecule has 0 spiro atoms. The van der Waals surface area contributed by atoms with Crippen LogP contribution < -0.4 is 5.32 Å². The average Bonchev–Trinajstić information content (AvgIpc) is 2.95. The van der Waals surface area contributed by atoms with Crippen molar-refractivity contribution < 1.29 is 8.42 Å². The van der Waals surface area contributed by atoms with Crippen LogP contribution in [-0.4, -0.2) is 37.9 Å². The van der Waals surface area contributed by atoms with E-state index in [1.807, 2.05) is 13.0 Å². The Labute approximate surface area is 118 Å². The Hall–Kier alpha value is -0.430. The zero-order valence-electron chi connectivity index (χ0n) is 11.3. The molecule has 1 aromatic rings. The molecule has 1 aromatic heterocycles. The minimum absolute atomic E-state index is 0.145. The zero-order chi connectivity index (χ0) is 13.6. The van der Waals surface area contributed by atoms with E-state index in [-0.39, 0.29) is 6.04 Å². The zero-order valence-corrected chi connectivity index (χ0v) is 12.9. The van der Waals surface area contributed by atoms with Crippen molar-refractivity contribution in [1.82, 2.24) is 9.62 Å². The van der Waals surface area contributed by atoms with Crippen molar-refractivity contribution in [2.45, 2.75) is 54.9 Å². The second kappa shape index (κ2) is 4.84. The molecule has 4 nitrogen and oxygen atoms in total. The number of aryl methyl sites for hydroxylation is 1. The van der Waals surface area contributed by atoms with E-state index in [0.29, 0.717) is 16.3 Å². The lowest BCUT2D eigenvalue weighted by Crippen LogP contribution is -2.48. The molecule has 0 amide bonds. The maximum absolute atomic E-state index is 12.6. The van der Waals surface area contributed by atoms with Gasteiger partial charge in [-0.05, 0) is 44.7 Å². The van der Waals surface area contributed by atoms with Crippen LogP contribution in [-0.2, 0) is 10.0 Å². The van der Waals surface area contributed by atoms with E-state index in [1.54, 1.807) is 17.4 Å². The minimum atomic E-state index is -3.31. The fourth-order valence-electron chi connectivity index (χ4n) is 3.21. The van der Waals surface area contributed by atoms with Gasteiger partial charge in [0.1, 0.15) is 4.21 Å². The number of thiophene rings is 1. The Morgan fingerprint density at radius 3 is 2.42 bits per heavy atom. The van der Waals surface area contributed by atoms with E-state index in [0.717, 1.165) is 17.7 Å². The third kappa shape index (κ3) is 2.46. The van der Waals surface area contributed by atoms with Gasteiger partial charge in [0.2, 0.25) is 0 Å². The second-order valence-corrected chi connectivity index (χ2v) is 9.16. The van der Waals surface area contributed by atoms with E-state index in [4.69, 9.17) is 0 Å². The smallest absolute Gasteiger partial charge is 0.252 e. The summed E-state index contributed by atoms with van der Waals surface area (Å²) in [6, 6.07) is 4.75. The molecular formula is C13H20N2O2S2. The molecule has 0 aliphatic carbocycles. The van der Waals surface area contributed by atoms with Crippen molar-refractivity contribution in [3.05, 3.63) is 17.0 Å². The Balaban J connectivity index is 1.81. The van der Waals surface area contributed by atoms with Crippen LogP contribution in [0.3, 0.4) is 0 Å². The number of fused-ring (bicyclic) bond motifs is 2. The highest BCUT2D eigenvalue weighted by atomic mass is 32.2. The summed E-state index contributed by atoms with van der Waals surface area (Å²) in [4.78, 5) is 1.04. The summed E-state index contributed by atoms with van der Waals surface area (Å²) in [5.41, 5.74) is 0. The first-order chi connectivity index (χ1) is 8.96. The monoisotopic (exact) mass is 300 g/mol. The maximum atomic E-state index is 12.6. The molecule has 0 saturated carbocycles. The van der Waals surface area contributed by atoms with Crippen LogP contribution in [0.15, 0.2) is 16.3 Å². The minimum Gasteiger partial charge on any atom is -0.311 e. The first-order valence-electron chi connectivity index (χ1n) is 6.77. The quantitative estimate of drug-likeness (QED) is 0.928. The third-order valence-electron chi connectivity index (χ3n) is 4.31. The van der Waals surface area contributed by atoms with Gasteiger partial charge >= 0.3 is 0 Å². The summed E-state index contributed by atoms with van der Waals surface area (Å²) >= 11 is 1.36. The molecule has 2 aliphatic heterocycles. The number of piperidine rings is 1. The predicted molar refractivity (Wildman–Crippen MR) is 77.0 cm³/mol. The first kappa shape index (κ1) is 13.5. The van der Waals surface area contributed by atoms with E-state index in [1.165, 1.54) is 24.2 Å². The molecule has 2 aliphatic rings. The Morgan fingerprint density at radius 1 is 1.26 bits per heavy atom. The van der Waals surface area contributed by atoms with Gasteiger partial charge in [0.25, 0.3) is 10.0 Å². The largest absolute Gasteiger partial charge is 0.311 e. The summed E-state index contributed by atoms with van der Waals surface area (Å²) in [5, 5.41) is 3.55. The van der Waals surface area contributed by atoms with Gasteiger partial charge in [0, 0.05) is 30.1 Å². The van der Waals surface area contributed by atoms with Crippen LogP contribution in [0, 0.1) is 6.92 Å². The molecule has 2 atom stereocenters. The normalized spacial score (nSPS) is 31.0. The standard InChI is InChI=1S/C13H20N2O2S2/c1-9-3-6-13(18-9)19(16,17)15(2)12-7-10-4-5-11(8-12)14-10/h3,6,10-12,14H,4-5,7-8H2,1-2H3. The maximum Gasteiger partial charge on any atom is 0.252 e. The highest BCUT2D eigenvalue weighted by molar-refractivity contribution is 7.91. The lowest BCUT2D eigenvalue weighted by atomic mass is 10.0. The molecule has 106 valence electrons. The molecule has 2 unspecified atom stereocenters. The lowest BCUT2D eigenvalue weighted by molar-refractivity contribution is 0.252. The van der Waals surface area contributed by atoms with Gasteiger partial charge in [0.05, 0.1) is 0 Å². The summed E-state index contributed by atoms with van der Waals surface area (Å²) in [7, 11) is -1.58. The number of nitrogens with one attached hydrogen (secondary N) is 1. The van der Waals surface area contributed by atoms with Crippen molar-refractivity contribution in [3.8, 4) is 0 Å². The van der Waals surface area contributed by atoms with Crippen molar-refractivity contribution in [2.24, 2.45) is 0 Å². The van der Waals surface area contributed by atoms with Gasteiger partial charge in [-0.25, -0.2) is 8.42 Å². The highest BCUT2D eigenvalue weighted by Crippen LogP contribution is 2.33. The van der Waals surface area contributed by atoms with Gasteiger partial charge in [-0.15, -0.1) is 11.3 Å². The molecule has 2 bridgehead atoms. The topological polar surface area (TPSA) is 49.4 Å². The number of sulfonamides is 1. The first-order valence-corrected chi connectivity index (χ1v) is 9.03. The van der Waals surface area contributed by atoms with E-state index >= 15 is 0 Å². The Morgan fingerprint density at radius 2 is 1.89 bits per heavy atom. The van der Waals surface area contributed by atoms with Crippen LogP contribution in [0.4, 0.5) is 0 Å². The van der Waals surface area contributed by atoms with Gasteiger partial charge in [-0.3, -0.25) is 0 Å². The van der Waals surface area contributed by atoms with Gasteiger partial charge in [0.15, 0.2) is 0 Å². The average molecular weight is 300 g/mol. The number of hydrogen-bond acceptors (Lipinski definition) is 4. The van der Waals surface area contributed by atoms with Crippen LogP contribution in [0.2, 0.25) is 0 Å². The SMILES string of the molecule is Cc1ccc(S(=O)(=O)N(C)C2CC3CCC(C2)N3)s1. The fraction of sp³-hybridized carbons (Fsp3) is 0.692. The fourth-order valence-corrected chi connectivity index (χ4v) is 6.06. The number of rotatable bonds is 3. The molecule has 0 radical (unpaired) electrons. The molecular weight excluding hydrogens is 280 g/mol. The molecule has 3 rings (SSSR count). The van der Waals surface area contributed by atoms with E-state index < -0.39 is 10.0 Å². The second-order valence-electron chi connectivity index (χ2n) is 5.65. The summed E-state index contributed by atoms with van der Waals surface area (Å²) in [5.74, 6) is 0. The van der Waals surface area contributed by atoms with Gasteiger partial charge in [-0.1, -0.05) is 0 Å². The van der Waals surface area contributed by atoms with Crippen molar-refractivity contribution >= 4 is 21.4 Å². The Bertz CT molecular complexity index is 555. The van der Waals surface area contributed by atoms with Gasteiger partial charge < -0.3 is 5.32 Å². The van der Waals surface area contributed by atoms with Crippen LogP contribution in [0.1, 0.15) is 30.6 Å². The van der Waals surface area contributed by atoms with Gasteiger partial charge in [-0.2, -0.15) is 4.31 Å². The van der Waals surface area contributed by atoms with Crippen LogP contribution in [0.5, 0.6) is 0 Å². The molecule has 0 aromatic carbocycles. The number of nitrogens with zero attached hydrogens (tertiary/aromatic N) is 1.